The Labute approximate surface area is 156 Å². The van der Waals surface area contributed by atoms with Gasteiger partial charge >= 0.3 is 6.09 Å². The topological polar surface area (TPSA) is 80.3 Å². The molecule has 3 rings (SSSR count). The van der Waals surface area contributed by atoms with Crippen molar-refractivity contribution in [2.24, 2.45) is 0 Å². The fourth-order valence-corrected chi connectivity index (χ4v) is 2.86. The maximum atomic E-state index is 10.7. The number of benzene rings is 1. The number of fused-ring (bicyclic) bond motifs is 1. The second-order valence-corrected chi connectivity index (χ2v) is 6.48. The Balaban J connectivity index is 0.00000225. The highest BCUT2D eigenvalue weighted by Crippen LogP contribution is 2.31. The zero-order valence-corrected chi connectivity index (χ0v) is 15.6. The fraction of sp³-hybridized carbons (Fsp3) is 0.294. The average Bonchev–Trinajstić information content (AvgIpc) is 3.02. The number of hydrogen-bond donors (Lipinski definition) is 2. The Morgan fingerprint density at radius 2 is 2.08 bits per heavy atom. The SMILES string of the molecule is Cc1cc(NC(=O)O)nn1Cc1cc(Cl)cc2cc(C(C)C)oc12.Cl. The predicted octanol–water partition coefficient (Wildman–Crippen LogP) is 5.27. The van der Waals surface area contributed by atoms with Crippen LogP contribution in [0.25, 0.3) is 11.0 Å². The molecule has 6 nitrogen and oxygen atoms in total. The first-order valence-corrected chi connectivity index (χ1v) is 7.97. The van der Waals surface area contributed by atoms with Gasteiger partial charge in [0.15, 0.2) is 5.82 Å². The predicted molar refractivity (Wildman–Crippen MR) is 100 cm³/mol. The molecule has 0 aliphatic carbocycles. The number of nitrogens with one attached hydrogen (secondary N) is 1. The van der Waals surface area contributed by atoms with E-state index in [2.05, 4.69) is 24.3 Å². The Morgan fingerprint density at radius 3 is 2.72 bits per heavy atom. The first kappa shape index (κ1) is 19.1. The Bertz CT molecular complexity index is 915. The van der Waals surface area contributed by atoms with Crippen LogP contribution in [0.5, 0.6) is 0 Å². The molecule has 2 N–H and O–H groups in total. The molecule has 25 heavy (non-hydrogen) atoms. The minimum absolute atomic E-state index is 0. The molecule has 134 valence electrons. The first-order chi connectivity index (χ1) is 11.3. The highest BCUT2D eigenvalue weighted by atomic mass is 35.5. The summed E-state index contributed by atoms with van der Waals surface area (Å²) in [6.07, 6.45) is -1.14. The molecular formula is C17H19Cl2N3O3. The van der Waals surface area contributed by atoms with E-state index in [1.165, 1.54) is 0 Å². The van der Waals surface area contributed by atoms with Gasteiger partial charge in [-0.25, -0.2) is 4.79 Å². The zero-order chi connectivity index (χ0) is 17.4. The quantitative estimate of drug-likeness (QED) is 0.642. The third-order valence-electron chi connectivity index (χ3n) is 3.78. The Kier molecular flexibility index (Phi) is 5.65. The van der Waals surface area contributed by atoms with Gasteiger partial charge in [-0.15, -0.1) is 12.4 Å². The van der Waals surface area contributed by atoms with Crippen LogP contribution in [0, 0.1) is 6.92 Å². The Hall–Kier alpha value is -2.18. The molecule has 0 unspecified atom stereocenters. The number of anilines is 1. The Morgan fingerprint density at radius 1 is 1.36 bits per heavy atom. The van der Waals surface area contributed by atoms with Crippen molar-refractivity contribution in [2.75, 3.05) is 5.32 Å². The van der Waals surface area contributed by atoms with Gasteiger partial charge in [-0.3, -0.25) is 10.00 Å². The second kappa shape index (κ2) is 7.37. The van der Waals surface area contributed by atoms with Crippen molar-refractivity contribution in [3.8, 4) is 0 Å². The van der Waals surface area contributed by atoms with E-state index in [4.69, 9.17) is 21.1 Å². The van der Waals surface area contributed by atoms with Gasteiger partial charge in [-0.2, -0.15) is 5.10 Å². The number of aryl methyl sites for hydroxylation is 1. The van der Waals surface area contributed by atoms with Crippen molar-refractivity contribution in [3.63, 3.8) is 0 Å². The molecule has 0 atom stereocenters. The smallest absolute Gasteiger partial charge is 0.410 e. The molecule has 0 saturated carbocycles. The molecule has 0 bridgehead atoms. The molecule has 8 heteroatoms. The minimum atomic E-state index is -1.14. The van der Waals surface area contributed by atoms with Crippen molar-refractivity contribution < 1.29 is 14.3 Å². The minimum Gasteiger partial charge on any atom is -0.465 e. The summed E-state index contributed by atoms with van der Waals surface area (Å²) >= 11 is 6.23. The summed E-state index contributed by atoms with van der Waals surface area (Å²) in [5.41, 5.74) is 2.52. The molecule has 3 aromatic rings. The second-order valence-electron chi connectivity index (χ2n) is 6.05. The van der Waals surface area contributed by atoms with Gasteiger partial charge in [0.05, 0.1) is 6.54 Å². The first-order valence-electron chi connectivity index (χ1n) is 7.59. The van der Waals surface area contributed by atoms with Gasteiger partial charge in [0.2, 0.25) is 0 Å². The average molecular weight is 384 g/mol. The molecule has 1 amide bonds. The lowest BCUT2D eigenvalue weighted by Gasteiger charge is -2.06. The third kappa shape index (κ3) is 4.08. The van der Waals surface area contributed by atoms with Gasteiger partial charge in [0.25, 0.3) is 0 Å². The summed E-state index contributed by atoms with van der Waals surface area (Å²) in [6.45, 7) is 6.44. The van der Waals surface area contributed by atoms with Crippen LogP contribution in [0.3, 0.4) is 0 Å². The molecule has 2 aromatic heterocycles. The van der Waals surface area contributed by atoms with Crippen LogP contribution < -0.4 is 5.32 Å². The van der Waals surface area contributed by atoms with Crippen molar-refractivity contribution in [2.45, 2.75) is 33.2 Å². The number of amides is 1. The molecule has 0 saturated heterocycles. The van der Waals surface area contributed by atoms with Gasteiger partial charge in [-0.1, -0.05) is 25.4 Å². The number of halogens is 2. The van der Waals surface area contributed by atoms with Gasteiger partial charge < -0.3 is 9.52 Å². The van der Waals surface area contributed by atoms with E-state index in [1.54, 1.807) is 10.7 Å². The van der Waals surface area contributed by atoms with Crippen LogP contribution in [0.4, 0.5) is 10.6 Å². The van der Waals surface area contributed by atoms with E-state index < -0.39 is 6.09 Å². The van der Waals surface area contributed by atoms with Crippen LogP contribution >= 0.6 is 24.0 Å². The molecule has 0 aliphatic rings. The molecule has 0 radical (unpaired) electrons. The lowest BCUT2D eigenvalue weighted by molar-refractivity contribution is 0.209. The number of aromatic nitrogens is 2. The molecule has 1 aromatic carbocycles. The number of nitrogens with zero attached hydrogens (tertiary/aromatic N) is 2. The van der Waals surface area contributed by atoms with E-state index in [0.717, 1.165) is 28.0 Å². The maximum absolute atomic E-state index is 10.7. The number of furan rings is 1. The van der Waals surface area contributed by atoms with Crippen molar-refractivity contribution in [3.05, 3.63) is 46.3 Å². The summed E-state index contributed by atoms with van der Waals surface area (Å²) in [6, 6.07) is 7.41. The molecule has 0 fully saturated rings. The summed E-state index contributed by atoms with van der Waals surface area (Å²) in [7, 11) is 0. The van der Waals surface area contributed by atoms with E-state index in [0.29, 0.717) is 17.4 Å². The molecule has 0 aliphatic heterocycles. The van der Waals surface area contributed by atoms with E-state index in [1.807, 2.05) is 25.1 Å². The van der Waals surface area contributed by atoms with Crippen LogP contribution in [0.1, 0.15) is 36.8 Å². The summed E-state index contributed by atoms with van der Waals surface area (Å²) in [4.78, 5) is 10.7. The number of hydrogen-bond acceptors (Lipinski definition) is 3. The summed E-state index contributed by atoms with van der Waals surface area (Å²) in [5.74, 6) is 1.47. The molecule has 2 heterocycles. The van der Waals surface area contributed by atoms with Gasteiger partial charge in [0.1, 0.15) is 11.3 Å². The third-order valence-corrected chi connectivity index (χ3v) is 4.00. The van der Waals surface area contributed by atoms with Crippen LogP contribution in [-0.2, 0) is 6.54 Å². The van der Waals surface area contributed by atoms with E-state index in [9.17, 15) is 4.79 Å². The zero-order valence-electron chi connectivity index (χ0n) is 14.0. The summed E-state index contributed by atoms with van der Waals surface area (Å²) < 4.78 is 7.71. The standard InChI is InChI=1S/C17H18ClN3O3.ClH/c1-9(2)14-7-11-5-13(18)6-12(16(11)24-14)8-21-10(3)4-15(20-21)19-17(22)23;/h4-7,9H,8H2,1-3H3,(H,19,20)(H,22,23);1H. The molecular weight excluding hydrogens is 365 g/mol. The van der Waals surface area contributed by atoms with Crippen molar-refractivity contribution in [1.82, 2.24) is 9.78 Å². The van der Waals surface area contributed by atoms with Crippen LogP contribution in [-0.4, -0.2) is 21.0 Å². The highest BCUT2D eigenvalue weighted by Gasteiger charge is 2.14. The van der Waals surface area contributed by atoms with E-state index in [-0.39, 0.29) is 18.3 Å². The number of carboxylic acid groups (broad SMARTS) is 1. The lowest BCUT2D eigenvalue weighted by Crippen LogP contribution is -2.09. The fourth-order valence-electron chi connectivity index (χ4n) is 2.61. The lowest BCUT2D eigenvalue weighted by atomic mass is 10.1. The number of rotatable bonds is 4. The largest absolute Gasteiger partial charge is 0.465 e. The van der Waals surface area contributed by atoms with Crippen LogP contribution in [0.2, 0.25) is 5.02 Å². The highest BCUT2D eigenvalue weighted by molar-refractivity contribution is 6.31. The molecule has 0 spiro atoms. The van der Waals surface area contributed by atoms with Gasteiger partial charge in [0, 0.05) is 33.7 Å². The monoisotopic (exact) mass is 383 g/mol. The van der Waals surface area contributed by atoms with E-state index >= 15 is 0 Å². The normalized spacial score (nSPS) is 10.9. The van der Waals surface area contributed by atoms with Crippen LogP contribution in [0.15, 0.2) is 28.7 Å². The maximum Gasteiger partial charge on any atom is 0.410 e. The van der Waals surface area contributed by atoms with Crippen molar-refractivity contribution >= 4 is 46.9 Å². The number of carbonyl (C=O) groups is 1. The van der Waals surface area contributed by atoms with Crippen molar-refractivity contribution in [1.29, 1.82) is 0 Å². The van der Waals surface area contributed by atoms with Gasteiger partial charge in [-0.05, 0) is 25.1 Å². The summed E-state index contributed by atoms with van der Waals surface area (Å²) in [5, 5.41) is 16.9.